The summed E-state index contributed by atoms with van der Waals surface area (Å²) in [5.74, 6) is -0.685. The van der Waals surface area contributed by atoms with Crippen molar-refractivity contribution in [1.82, 2.24) is 19.8 Å². The molecule has 25 heavy (non-hydrogen) atoms. The second kappa shape index (κ2) is 6.40. The van der Waals surface area contributed by atoms with E-state index in [1.165, 1.54) is 19.3 Å². The number of aromatic nitrogens is 4. The molecule has 3 aromatic rings. The molecule has 0 bridgehead atoms. The van der Waals surface area contributed by atoms with Crippen molar-refractivity contribution in [1.29, 1.82) is 5.26 Å². The Bertz CT molecular complexity index is 932. The van der Waals surface area contributed by atoms with E-state index in [4.69, 9.17) is 5.26 Å². The Morgan fingerprint density at radius 2 is 2.08 bits per heavy atom. The molecule has 7 heteroatoms. The smallest absolute Gasteiger partial charge is 0.244 e. The van der Waals surface area contributed by atoms with Gasteiger partial charge in [0, 0.05) is 30.7 Å². The molecule has 1 aliphatic carbocycles. The lowest BCUT2D eigenvalue weighted by Gasteiger charge is -2.16. The molecule has 0 spiro atoms. The van der Waals surface area contributed by atoms with Crippen LogP contribution in [0.1, 0.15) is 25.7 Å². The number of fused-ring (bicyclic) bond motifs is 1. The van der Waals surface area contributed by atoms with Gasteiger partial charge in [-0.3, -0.25) is 9.89 Å². The van der Waals surface area contributed by atoms with Crippen molar-refractivity contribution < 1.29 is 4.79 Å². The van der Waals surface area contributed by atoms with Crippen LogP contribution in [0.5, 0.6) is 0 Å². The summed E-state index contributed by atoms with van der Waals surface area (Å²) < 4.78 is 1.73. The maximum Gasteiger partial charge on any atom is 0.244 e. The Morgan fingerprint density at radius 1 is 1.24 bits per heavy atom. The van der Waals surface area contributed by atoms with Crippen LogP contribution in [0.15, 0.2) is 36.8 Å². The fraction of sp³-hybridized carbons (Fsp3) is 0.333. The van der Waals surface area contributed by atoms with Crippen molar-refractivity contribution in [2.45, 2.75) is 25.7 Å². The lowest BCUT2D eigenvalue weighted by molar-refractivity contribution is -0.118. The third-order valence-corrected chi connectivity index (χ3v) is 4.30. The van der Waals surface area contributed by atoms with Crippen LogP contribution in [0, 0.1) is 17.2 Å². The number of aromatic amines is 1. The Balaban J connectivity index is 0.000000474. The Kier molecular flexibility index (Phi) is 3.94. The minimum atomic E-state index is -0.546. The third-order valence-electron chi connectivity index (χ3n) is 4.30. The first-order chi connectivity index (χ1) is 12.3. The van der Waals surface area contributed by atoms with Gasteiger partial charge in [0.1, 0.15) is 5.92 Å². The summed E-state index contributed by atoms with van der Waals surface area (Å²) in [6, 6.07) is 7.71. The molecule has 2 fully saturated rings. The first-order valence-corrected chi connectivity index (χ1v) is 8.46. The van der Waals surface area contributed by atoms with Gasteiger partial charge in [-0.05, 0) is 24.6 Å². The number of anilines is 1. The standard InChI is InChI=1S/C15H12N6O.C3H6/c16-8-10-3-6-20(15(10)22)13-2-5-18-21-9-11(7-14(13)21)12-1-4-17-19-12;1-2-3-1/h1-2,4-5,7,9-10H,3,6H2,(H,17,19);1-3H2. The minimum absolute atomic E-state index is 0.139. The number of hydrogen-bond donors (Lipinski definition) is 1. The van der Waals surface area contributed by atoms with Crippen molar-refractivity contribution in [3.05, 3.63) is 36.8 Å². The summed E-state index contributed by atoms with van der Waals surface area (Å²) in [5.41, 5.74) is 3.45. The minimum Gasteiger partial charge on any atom is -0.309 e. The van der Waals surface area contributed by atoms with E-state index in [1.807, 2.05) is 24.4 Å². The maximum absolute atomic E-state index is 12.3. The predicted octanol–water partition coefficient (Wildman–Crippen LogP) is 2.77. The average Bonchev–Trinajstić information content (AvgIpc) is 3.15. The Labute approximate surface area is 144 Å². The molecule has 1 amide bonds. The molecule has 0 aromatic carbocycles. The lowest BCUT2D eigenvalue weighted by atomic mass is 10.1. The van der Waals surface area contributed by atoms with Gasteiger partial charge >= 0.3 is 0 Å². The SMILES string of the molecule is C1CC1.N#CC1CCN(c2ccnn3cc(-c4ccn[nH]4)cc23)C1=O. The predicted molar refractivity (Wildman–Crippen MR) is 92.7 cm³/mol. The van der Waals surface area contributed by atoms with E-state index in [2.05, 4.69) is 21.4 Å². The van der Waals surface area contributed by atoms with E-state index in [0.717, 1.165) is 22.5 Å². The zero-order chi connectivity index (χ0) is 17.2. The number of nitrogens with one attached hydrogen (secondary N) is 1. The second-order valence-corrected chi connectivity index (χ2v) is 6.27. The van der Waals surface area contributed by atoms with E-state index >= 15 is 0 Å². The fourth-order valence-electron chi connectivity index (χ4n) is 2.83. The highest BCUT2D eigenvalue weighted by Gasteiger charge is 2.33. The molecule has 3 aromatic heterocycles. The molecule has 7 nitrogen and oxygen atoms in total. The third kappa shape index (κ3) is 2.98. The van der Waals surface area contributed by atoms with Gasteiger partial charge in [-0.2, -0.15) is 15.5 Å². The van der Waals surface area contributed by atoms with Crippen LogP contribution in [0.25, 0.3) is 16.8 Å². The summed E-state index contributed by atoms with van der Waals surface area (Å²) in [7, 11) is 0. The van der Waals surface area contributed by atoms with E-state index in [1.54, 1.807) is 21.8 Å². The highest BCUT2D eigenvalue weighted by atomic mass is 16.2. The number of amides is 1. The quantitative estimate of drug-likeness (QED) is 0.780. The number of rotatable bonds is 2. The van der Waals surface area contributed by atoms with Gasteiger partial charge in [-0.15, -0.1) is 0 Å². The molecule has 1 aliphatic heterocycles. The van der Waals surface area contributed by atoms with Crippen LogP contribution < -0.4 is 4.90 Å². The summed E-state index contributed by atoms with van der Waals surface area (Å²) in [6.45, 7) is 0.557. The average molecular weight is 334 g/mol. The fourth-order valence-corrected chi connectivity index (χ4v) is 2.83. The first-order valence-electron chi connectivity index (χ1n) is 8.46. The molecule has 0 radical (unpaired) electrons. The van der Waals surface area contributed by atoms with Crippen molar-refractivity contribution in [2.24, 2.45) is 5.92 Å². The number of nitrogens with zero attached hydrogens (tertiary/aromatic N) is 5. The van der Waals surface area contributed by atoms with Gasteiger partial charge in [0.25, 0.3) is 0 Å². The lowest BCUT2D eigenvalue weighted by Crippen LogP contribution is -2.27. The van der Waals surface area contributed by atoms with Crippen molar-refractivity contribution in [3.8, 4) is 17.3 Å². The number of nitriles is 1. The summed E-state index contributed by atoms with van der Waals surface area (Å²) >= 11 is 0. The summed E-state index contributed by atoms with van der Waals surface area (Å²) in [4.78, 5) is 13.9. The van der Waals surface area contributed by atoms with Crippen molar-refractivity contribution >= 4 is 17.1 Å². The van der Waals surface area contributed by atoms with E-state index in [0.29, 0.717) is 13.0 Å². The van der Waals surface area contributed by atoms with Gasteiger partial charge in [-0.1, -0.05) is 19.3 Å². The number of hydrogen-bond acceptors (Lipinski definition) is 4. The largest absolute Gasteiger partial charge is 0.309 e. The molecule has 126 valence electrons. The van der Waals surface area contributed by atoms with Crippen LogP contribution in [0.2, 0.25) is 0 Å². The molecule has 1 saturated heterocycles. The monoisotopic (exact) mass is 334 g/mol. The van der Waals surface area contributed by atoms with Crippen molar-refractivity contribution in [3.63, 3.8) is 0 Å². The molecular weight excluding hydrogens is 316 g/mol. The summed E-state index contributed by atoms with van der Waals surface area (Å²) in [5, 5.41) is 20.2. The zero-order valence-corrected chi connectivity index (χ0v) is 13.7. The van der Waals surface area contributed by atoms with E-state index in [9.17, 15) is 4.79 Å². The topological polar surface area (TPSA) is 90.1 Å². The van der Waals surface area contributed by atoms with Crippen LogP contribution in [-0.2, 0) is 4.79 Å². The molecule has 1 atom stereocenters. The van der Waals surface area contributed by atoms with Gasteiger partial charge in [-0.25, -0.2) is 4.52 Å². The molecule has 1 saturated carbocycles. The second-order valence-electron chi connectivity index (χ2n) is 6.27. The van der Waals surface area contributed by atoms with Crippen molar-refractivity contribution in [2.75, 3.05) is 11.4 Å². The summed E-state index contributed by atoms with van der Waals surface area (Å²) in [6.07, 6.45) is 10.3. The van der Waals surface area contributed by atoms with Crippen LogP contribution in [0.4, 0.5) is 5.69 Å². The molecule has 1 N–H and O–H groups in total. The number of carbonyl (C=O) groups excluding carboxylic acids is 1. The van der Waals surface area contributed by atoms with Gasteiger partial charge in [0.2, 0.25) is 5.91 Å². The number of H-pyrrole nitrogens is 1. The molecule has 2 aliphatic rings. The molecular formula is C18H18N6O. The maximum atomic E-state index is 12.3. The van der Waals surface area contributed by atoms with Gasteiger partial charge in [0.05, 0.1) is 23.0 Å². The van der Waals surface area contributed by atoms with E-state index in [-0.39, 0.29) is 5.91 Å². The van der Waals surface area contributed by atoms with Gasteiger partial charge < -0.3 is 4.90 Å². The molecule has 1 unspecified atom stereocenters. The highest BCUT2D eigenvalue weighted by Crippen LogP contribution is 2.31. The normalized spacial score (nSPS) is 18.8. The van der Waals surface area contributed by atoms with E-state index < -0.39 is 5.92 Å². The van der Waals surface area contributed by atoms with Gasteiger partial charge in [0.15, 0.2) is 0 Å². The van der Waals surface area contributed by atoms with Crippen LogP contribution >= 0.6 is 0 Å². The van der Waals surface area contributed by atoms with Crippen LogP contribution in [0.3, 0.4) is 0 Å². The molecule has 4 heterocycles. The highest BCUT2D eigenvalue weighted by molar-refractivity contribution is 6.02. The Hall–Kier alpha value is -3.14. The first kappa shape index (κ1) is 15.4. The van der Waals surface area contributed by atoms with Crippen LogP contribution in [-0.4, -0.2) is 32.3 Å². The number of carbonyl (C=O) groups is 1. The molecule has 5 rings (SSSR count). The Morgan fingerprint density at radius 3 is 2.72 bits per heavy atom. The zero-order valence-electron chi connectivity index (χ0n) is 13.7.